The largest absolute Gasteiger partial charge is 0.434 e. The summed E-state index contributed by atoms with van der Waals surface area (Å²) in [6.45, 7) is -1.24. The summed E-state index contributed by atoms with van der Waals surface area (Å²) in [5.41, 5.74) is 1.87. The second kappa shape index (κ2) is 9.34. The second-order valence-corrected chi connectivity index (χ2v) is 10.7. The summed E-state index contributed by atoms with van der Waals surface area (Å²) in [4.78, 5) is 26.3. The van der Waals surface area contributed by atoms with Gasteiger partial charge in [0.05, 0.1) is 28.6 Å². The van der Waals surface area contributed by atoms with Crippen LogP contribution in [0.4, 0.5) is 8.78 Å². The van der Waals surface area contributed by atoms with Crippen molar-refractivity contribution in [2.75, 3.05) is 7.05 Å². The van der Waals surface area contributed by atoms with Crippen LogP contribution in [0.1, 0.15) is 59.8 Å². The average molecular weight is 545 g/mol. The first kappa shape index (κ1) is 25.8. The van der Waals surface area contributed by atoms with Gasteiger partial charge in [-0.1, -0.05) is 12.1 Å². The highest BCUT2D eigenvalue weighted by Crippen LogP contribution is 2.52. The van der Waals surface area contributed by atoms with Gasteiger partial charge >= 0.3 is 6.61 Å². The molecule has 0 bridgehead atoms. The molecule has 2 N–H and O–H groups in total. The molecule has 2 aromatic carbocycles. The van der Waals surface area contributed by atoms with Gasteiger partial charge in [0.1, 0.15) is 17.2 Å². The Morgan fingerprint density at radius 2 is 1.98 bits per heavy atom. The maximum atomic E-state index is 13.3. The molecule has 1 atom stereocenters. The molecule has 0 radical (unpaired) electrons. The Bertz CT molecular complexity index is 1670. The van der Waals surface area contributed by atoms with E-state index in [-0.39, 0.29) is 30.0 Å². The summed E-state index contributed by atoms with van der Waals surface area (Å²) in [5, 5.41) is 22.7. The van der Waals surface area contributed by atoms with Crippen molar-refractivity contribution < 1.29 is 23.4 Å². The standard InChI is InChI=1S/C29H26F2N6O3/c1-28(15-32)13-29(39,14-28)26-34-11-17(12-35-26)16-6-7-19-21(10-16)37-20(8-9-23(37)36-19)24-18(25(38)33-2)4-3-5-22(24)40-27(30)31/h3-7,10-12,20,27,39H,8-9,13-14H2,1-2H3,(H,33,38)/t20-,28?,29?/m1/s1. The minimum absolute atomic E-state index is 0.0441. The number of ether oxygens (including phenoxy) is 1. The number of amides is 1. The van der Waals surface area contributed by atoms with Gasteiger partial charge in [0.15, 0.2) is 5.82 Å². The molecule has 2 aromatic heterocycles. The lowest BCUT2D eigenvalue weighted by Crippen LogP contribution is -2.48. The summed E-state index contributed by atoms with van der Waals surface area (Å²) in [7, 11) is 1.49. The highest BCUT2D eigenvalue weighted by atomic mass is 19.3. The number of nitriles is 1. The summed E-state index contributed by atoms with van der Waals surface area (Å²) < 4.78 is 33.5. The summed E-state index contributed by atoms with van der Waals surface area (Å²) in [6.07, 6.45) is 4.99. The number of alkyl halides is 2. The van der Waals surface area contributed by atoms with Crippen molar-refractivity contribution in [1.82, 2.24) is 24.8 Å². The van der Waals surface area contributed by atoms with Gasteiger partial charge < -0.3 is 19.7 Å². The predicted octanol–water partition coefficient (Wildman–Crippen LogP) is 4.50. The van der Waals surface area contributed by atoms with Crippen molar-refractivity contribution in [3.8, 4) is 22.9 Å². The fourth-order valence-corrected chi connectivity index (χ4v) is 6.13. The first-order chi connectivity index (χ1) is 19.1. The van der Waals surface area contributed by atoms with Crippen LogP contribution in [0.5, 0.6) is 5.75 Å². The zero-order valence-corrected chi connectivity index (χ0v) is 21.9. The molecule has 9 nitrogen and oxygen atoms in total. The zero-order valence-electron chi connectivity index (χ0n) is 21.9. The van der Waals surface area contributed by atoms with Crippen LogP contribution in [0.2, 0.25) is 0 Å². The number of aryl methyl sites for hydroxylation is 1. The molecular weight excluding hydrogens is 518 g/mol. The van der Waals surface area contributed by atoms with Crippen molar-refractivity contribution >= 4 is 16.9 Å². The number of aromatic nitrogens is 4. The third-order valence-corrected chi connectivity index (χ3v) is 7.84. The van der Waals surface area contributed by atoms with E-state index in [4.69, 9.17) is 9.72 Å². The van der Waals surface area contributed by atoms with Crippen molar-refractivity contribution in [2.24, 2.45) is 5.41 Å². The van der Waals surface area contributed by atoms with E-state index in [9.17, 15) is 23.9 Å². The lowest BCUT2D eigenvalue weighted by molar-refractivity contribution is -0.109. The maximum Gasteiger partial charge on any atom is 0.387 e. The van der Waals surface area contributed by atoms with Crippen LogP contribution in [-0.2, 0) is 12.0 Å². The van der Waals surface area contributed by atoms with Crippen LogP contribution in [0, 0.1) is 16.7 Å². The van der Waals surface area contributed by atoms with Gasteiger partial charge in [-0.15, -0.1) is 0 Å². The Kier molecular flexibility index (Phi) is 6.03. The van der Waals surface area contributed by atoms with Crippen molar-refractivity contribution in [2.45, 2.75) is 50.9 Å². The number of nitrogens with zero attached hydrogens (tertiary/aromatic N) is 5. The molecule has 40 heavy (non-hydrogen) atoms. The Labute approximate surface area is 228 Å². The van der Waals surface area contributed by atoms with E-state index < -0.39 is 29.6 Å². The van der Waals surface area contributed by atoms with Crippen molar-refractivity contribution in [1.29, 1.82) is 5.26 Å². The Morgan fingerprint density at radius 3 is 2.65 bits per heavy atom. The van der Waals surface area contributed by atoms with Crippen LogP contribution in [-0.4, -0.2) is 44.2 Å². The monoisotopic (exact) mass is 544 g/mol. The molecule has 0 spiro atoms. The average Bonchev–Trinajstić information content (AvgIpc) is 3.50. The lowest BCUT2D eigenvalue weighted by Gasteiger charge is -2.46. The van der Waals surface area contributed by atoms with Crippen LogP contribution >= 0.6 is 0 Å². The molecule has 4 aromatic rings. The summed E-state index contributed by atoms with van der Waals surface area (Å²) in [5.74, 6) is 0.630. The van der Waals surface area contributed by atoms with Gasteiger partial charge in [0.2, 0.25) is 0 Å². The van der Waals surface area contributed by atoms with E-state index in [1.165, 1.54) is 19.2 Å². The van der Waals surface area contributed by atoms with Gasteiger partial charge in [-0.3, -0.25) is 4.79 Å². The van der Waals surface area contributed by atoms with E-state index >= 15 is 0 Å². The van der Waals surface area contributed by atoms with Gasteiger partial charge in [-0.25, -0.2) is 15.0 Å². The third kappa shape index (κ3) is 4.16. The summed E-state index contributed by atoms with van der Waals surface area (Å²) >= 11 is 0. The number of hydrogen-bond donors (Lipinski definition) is 2. The molecular formula is C29H26F2N6O3. The first-order valence-electron chi connectivity index (χ1n) is 12.9. The number of nitrogens with one attached hydrogen (secondary N) is 1. The molecule has 2 aliphatic rings. The van der Waals surface area contributed by atoms with E-state index in [2.05, 4.69) is 21.4 Å². The Balaban J connectivity index is 1.39. The highest BCUT2D eigenvalue weighted by molar-refractivity contribution is 5.96. The molecule has 1 amide bonds. The molecule has 1 fully saturated rings. The lowest BCUT2D eigenvalue weighted by atomic mass is 9.60. The molecule has 0 unspecified atom stereocenters. The Hall–Kier alpha value is -4.43. The van der Waals surface area contributed by atoms with E-state index in [0.717, 1.165) is 22.4 Å². The Morgan fingerprint density at radius 1 is 1.23 bits per heavy atom. The number of aliphatic hydroxyl groups is 1. The fraction of sp³-hybridized carbons (Fsp3) is 0.345. The molecule has 6 rings (SSSR count). The number of rotatable bonds is 6. The number of carbonyl (C=O) groups excluding carboxylic acids is 1. The molecule has 1 aliphatic carbocycles. The third-order valence-electron chi connectivity index (χ3n) is 7.84. The number of fused-ring (bicyclic) bond motifs is 3. The zero-order chi connectivity index (χ0) is 28.2. The minimum Gasteiger partial charge on any atom is -0.434 e. The highest BCUT2D eigenvalue weighted by Gasteiger charge is 2.54. The van der Waals surface area contributed by atoms with E-state index in [0.29, 0.717) is 24.0 Å². The van der Waals surface area contributed by atoms with Crippen LogP contribution in [0.3, 0.4) is 0 Å². The minimum atomic E-state index is -3.04. The number of benzene rings is 2. The molecule has 0 saturated heterocycles. The van der Waals surface area contributed by atoms with Gasteiger partial charge in [0, 0.05) is 55.4 Å². The normalized spacial score (nSPS) is 23.5. The predicted molar refractivity (Wildman–Crippen MR) is 141 cm³/mol. The number of carbonyl (C=O) groups is 1. The van der Waals surface area contributed by atoms with Crippen molar-refractivity contribution in [3.05, 3.63) is 71.6 Å². The van der Waals surface area contributed by atoms with Crippen molar-refractivity contribution in [3.63, 3.8) is 0 Å². The smallest absolute Gasteiger partial charge is 0.387 e. The quantitative estimate of drug-likeness (QED) is 0.366. The number of halogens is 2. The number of imidazole rings is 1. The second-order valence-electron chi connectivity index (χ2n) is 10.7. The number of hydrogen-bond acceptors (Lipinski definition) is 7. The van der Waals surface area contributed by atoms with Gasteiger partial charge in [-0.05, 0) is 43.2 Å². The fourth-order valence-electron chi connectivity index (χ4n) is 6.13. The molecule has 3 heterocycles. The SMILES string of the molecule is CNC(=O)c1cccc(OC(F)F)c1[C@H]1CCc2nc3ccc(-c4cnc(C5(O)CC(C)(C#N)C5)nc4)cc3n21. The van der Waals surface area contributed by atoms with Crippen LogP contribution in [0.15, 0.2) is 48.8 Å². The van der Waals surface area contributed by atoms with Gasteiger partial charge in [0.25, 0.3) is 5.91 Å². The van der Waals surface area contributed by atoms with E-state index in [1.807, 2.05) is 22.8 Å². The molecule has 204 valence electrons. The molecule has 1 aliphatic heterocycles. The molecule has 1 saturated carbocycles. The topological polar surface area (TPSA) is 126 Å². The molecule has 11 heteroatoms. The first-order valence-corrected chi connectivity index (χ1v) is 12.9. The maximum absolute atomic E-state index is 13.3. The van der Waals surface area contributed by atoms with Crippen LogP contribution < -0.4 is 10.1 Å². The summed E-state index contributed by atoms with van der Waals surface area (Å²) in [6, 6.07) is 12.1. The van der Waals surface area contributed by atoms with Crippen LogP contribution in [0.25, 0.3) is 22.2 Å². The van der Waals surface area contributed by atoms with E-state index in [1.54, 1.807) is 25.4 Å². The van der Waals surface area contributed by atoms with Gasteiger partial charge in [-0.2, -0.15) is 14.0 Å².